The van der Waals surface area contributed by atoms with Crippen molar-refractivity contribution in [2.45, 2.75) is 12.6 Å². The summed E-state index contributed by atoms with van der Waals surface area (Å²) >= 11 is 0. The van der Waals surface area contributed by atoms with Crippen molar-refractivity contribution in [2.24, 2.45) is 0 Å². The first-order valence-corrected chi connectivity index (χ1v) is 6.83. The normalized spacial score (nSPS) is 21.8. The van der Waals surface area contributed by atoms with Crippen LogP contribution < -0.4 is 14.5 Å². The van der Waals surface area contributed by atoms with Gasteiger partial charge in [0.2, 0.25) is 0 Å². The molecule has 5 rings (SSSR count). The third-order valence-electron chi connectivity index (χ3n) is 4.43. The summed E-state index contributed by atoms with van der Waals surface area (Å²) in [4.78, 5) is 4.98. The Morgan fingerprint density at radius 2 is 1.89 bits per heavy atom. The van der Waals surface area contributed by atoms with Crippen LogP contribution in [0, 0.1) is 0 Å². The molecule has 0 bridgehead atoms. The molecular formula is C16H14N2O. The summed E-state index contributed by atoms with van der Waals surface area (Å²) in [6.45, 7) is 1.77. The zero-order valence-corrected chi connectivity index (χ0v) is 10.5. The third-order valence-corrected chi connectivity index (χ3v) is 4.43. The highest BCUT2D eigenvalue weighted by atomic mass is 16.5. The molecule has 1 unspecified atom stereocenters. The SMILES string of the molecule is c1ccc2c(c1)CC1N3CCOc4cccc(c43)N21. The first-order chi connectivity index (χ1) is 9.43. The number of nitrogens with zero attached hydrogens (tertiary/aromatic N) is 2. The van der Waals surface area contributed by atoms with E-state index in [4.69, 9.17) is 4.74 Å². The van der Waals surface area contributed by atoms with Gasteiger partial charge in [-0.05, 0) is 23.8 Å². The molecule has 0 saturated heterocycles. The van der Waals surface area contributed by atoms with Crippen LogP contribution in [-0.2, 0) is 6.42 Å². The summed E-state index contributed by atoms with van der Waals surface area (Å²) in [5.41, 5.74) is 5.39. The first kappa shape index (κ1) is 9.73. The molecule has 3 heterocycles. The number of fused-ring (bicyclic) bond motifs is 5. The minimum absolute atomic E-state index is 0.442. The Balaban J connectivity index is 1.78. The first-order valence-electron chi connectivity index (χ1n) is 6.83. The minimum atomic E-state index is 0.442. The van der Waals surface area contributed by atoms with Gasteiger partial charge >= 0.3 is 0 Å². The molecule has 3 aliphatic rings. The number of rotatable bonds is 0. The lowest BCUT2D eigenvalue weighted by Crippen LogP contribution is -2.42. The van der Waals surface area contributed by atoms with Crippen molar-refractivity contribution in [3.8, 4) is 5.75 Å². The van der Waals surface area contributed by atoms with E-state index >= 15 is 0 Å². The van der Waals surface area contributed by atoms with Crippen molar-refractivity contribution >= 4 is 17.1 Å². The van der Waals surface area contributed by atoms with Crippen molar-refractivity contribution in [3.05, 3.63) is 48.0 Å². The second-order valence-electron chi connectivity index (χ2n) is 5.35. The highest BCUT2D eigenvalue weighted by molar-refractivity contribution is 5.90. The van der Waals surface area contributed by atoms with E-state index in [0.717, 1.165) is 25.3 Å². The van der Waals surface area contributed by atoms with E-state index in [9.17, 15) is 0 Å². The summed E-state index contributed by atoms with van der Waals surface area (Å²) in [6, 6.07) is 15.1. The second kappa shape index (κ2) is 3.23. The van der Waals surface area contributed by atoms with E-state index in [1.54, 1.807) is 0 Å². The molecule has 0 aliphatic carbocycles. The van der Waals surface area contributed by atoms with Crippen LogP contribution >= 0.6 is 0 Å². The zero-order valence-electron chi connectivity index (χ0n) is 10.5. The van der Waals surface area contributed by atoms with Crippen LogP contribution in [0.1, 0.15) is 5.56 Å². The lowest BCUT2D eigenvalue weighted by atomic mass is 10.1. The van der Waals surface area contributed by atoms with Gasteiger partial charge < -0.3 is 14.5 Å². The van der Waals surface area contributed by atoms with E-state index in [0.29, 0.717) is 6.17 Å². The lowest BCUT2D eigenvalue weighted by Gasteiger charge is -2.31. The van der Waals surface area contributed by atoms with Gasteiger partial charge in [0, 0.05) is 12.1 Å². The fourth-order valence-electron chi connectivity index (χ4n) is 3.68. The Morgan fingerprint density at radius 3 is 2.89 bits per heavy atom. The number of para-hydroxylation sites is 2. The highest BCUT2D eigenvalue weighted by Gasteiger charge is 2.44. The van der Waals surface area contributed by atoms with E-state index in [1.165, 1.54) is 22.6 Å². The smallest absolute Gasteiger partial charge is 0.144 e. The maximum atomic E-state index is 5.80. The van der Waals surface area contributed by atoms with Gasteiger partial charge in [0.05, 0.1) is 12.2 Å². The van der Waals surface area contributed by atoms with Crippen LogP contribution in [0.2, 0.25) is 0 Å². The molecule has 0 N–H and O–H groups in total. The van der Waals surface area contributed by atoms with E-state index in [2.05, 4.69) is 52.3 Å². The van der Waals surface area contributed by atoms with Gasteiger partial charge in [0.25, 0.3) is 0 Å². The fourth-order valence-corrected chi connectivity index (χ4v) is 3.68. The summed E-state index contributed by atoms with van der Waals surface area (Å²) in [7, 11) is 0. The Hall–Kier alpha value is -2.16. The molecule has 0 spiro atoms. The summed E-state index contributed by atoms with van der Waals surface area (Å²) in [5.74, 6) is 1.04. The number of hydrogen-bond acceptors (Lipinski definition) is 3. The molecule has 0 amide bonds. The van der Waals surface area contributed by atoms with Crippen molar-refractivity contribution in [3.63, 3.8) is 0 Å². The van der Waals surface area contributed by atoms with Crippen LogP contribution in [0.15, 0.2) is 42.5 Å². The van der Waals surface area contributed by atoms with E-state index in [-0.39, 0.29) is 0 Å². The van der Waals surface area contributed by atoms with Gasteiger partial charge in [-0.2, -0.15) is 0 Å². The Bertz CT molecular complexity index is 682. The molecular weight excluding hydrogens is 236 g/mol. The maximum Gasteiger partial charge on any atom is 0.144 e. The molecule has 19 heavy (non-hydrogen) atoms. The third kappa shape index (κ3) is 1.09. The topological polar surface area (TPSA) is 15.7 Å². The standard InChI is InChI=1S/C16H14N2O/c1-2-5-12-11(4-1)10-15-17-8-9-19-14-7-3-6-13(16(14)17)18(12)15/h1-7,15H,8-10H2. The minimum Gasteiger partial charge on any atom is -0.489 e. The van der Waals surface area contributed by atoms with Gasteiger partial charge in [-0.3, -0.25) is 0 Å². The average Bonchev–Trinajstić information content (AvgIpc) is 2.98. The van der Waals surface area contributed by atoms with Crippen LogP contribution in [0.3, 0.4) is 0 Å². The Morgan fingerprint density at radius 1 is 1.00 bits per heavy atom. The molecule has 3 nitrogen and oxygen atoms in total. The molecule has 0 saturated carbocycles. The van der Waals surface area contributed by atoms with E-state index < -0.39 is 0 Å². The summed E-state index contributed by atoms with van der Waals surface area (Å²) in [6.07, 6.45) is 1.54. The van der Waals surface area contributed by atoms with Gasteiger partial charge in [0.15, 0.2) is 0 Å². The van der Waals surface area contributed by atoms with Crippen LogP contribution in [0.25, 0.3) is 0 Å². The lowest BCUT2D eigenvalue weighted by molar-refractivity contribution is 0.305. The predicted octanol–water partition coefficient (Wildman–Crippen LogP) is 2.92. The highest BCUT2D eigenvalue weighted by Crippen LogP contribution is 2.54. The van der Waals surface area contributed by atoms with Gasteiger partial charge in [-0.15, -0.1) is 0 Å². The largest absolute Gasteiger partial charge is 0.489 e. The van der Waals surface area contributed by atoms with Crippen molar-refractivity contribution in [2.75, 3.05) is 23.0 Å². The van der Waals surface area contributed by atoms with Crippen LogP contribution in [0.4, 0.5) is 17.1 Å². The molecule has 3 heteroatoms. The molecule has 1 atom stereocenters. The second-order valence-corrected chi connectivity index (χ2v) is 5.35. The summed E-state index contributed by atoms with van der Waals surface area (Å²) in [5, 5.41) is 0. The van der Waals surface area contributed by atoms with Crippen molar-refractivity contribution in [1.82, 2.24) is 0 Å². The van der Waals surface area contributed by atoms with Gasteiger partial charge in [-0.25, -0.2) is 0 Å². The predicted molar refractivity (Wildman–Crippen MR) is 75.4 cm³/mol. The number of anilines is 3. The van der Waals surface area contributed by atoms with Gasteiger partial charge in [0.1, 0.15) is 24.2 Å². The number of ether oxygens (including phenoxy) is 1. The molecule has 0 radical (unpaired) electrons. The molecule has 2 aromatic carbocycles. The maximum absolute atomic E-state index is 5.80. The van der Waals surface area contributed by atoms with Crippen molar-refractivity contribution < 1.29 is 4.74 Å². The average molecular weight is 250 g/mol. The Kier molecular flexibility index (Phi) is 1.66. The molecule has 94 valence electrons. The van der Waals surface area contributed by atoms with Crippen LogP contribution in [-0.4, -0.2) is 19.3 Å². The summed E-state index contributed by atoms with van der Waals surface area (Å²) < 4.78 is 5.80. The number of hydrogen-bond donors (Lipinski definition) is 0. The Labute approximate surface area is 112 Å². The molecule has 0 aromatic heterocycles. The van der Waals surface area contributed by atoms with Crippen LogP contribution in [0.5, 0.6) is 5.75 Å². The molecule has 0 fully saturated rings. The molecule has 2 aromatic rings. The fraction of sp³-hybridized carbons (Fsp3) is 0.250. The zero-order chi connectivity index (χ0) is 12.4. The monoisotopic (exact) mass is 250 g/mol. The van der Waals surface area contributed by atoms with Crippen molar-refractivity contribution in [1.29, 1.82) is 0 Å². The molecule has 3 aliphatic heterocycles. The number of benzene rings is 2. The van der Waals surface area contributed by atoms with E-state index in [1.807, 2.05) is 0 Å². The quantitative estimate of drug-likeness (QED) is 0.715. The van der Waals surface area contributed by atoms with Gasteiger partial charge in [-0.1, -0.05) is 24.3 Å².